The van der Waals surface area contributed by atoms with Crippen LogP contribution in [-0.2, 0) is 5.41 Å². The maximum atomic E-state index is 9.67. The van der Waals surface area contributed by atoms with Crippen molar-refractivity contribution in [2.75, 3.05) is 0 Å². The third kappa shape index (κ3) is 1.47. The molecule has 1 N–H and O–H groups in total. The summed E-state index contributed by atoms with van der Waals surface area (Å²) in [7, 11) is 0. The minimum atomic E-state index is -0.414. The summed E-state index contributed by atoms with van der Waals surface area (Å²) in [6.45, 7) is 0. The minimum absolute atomic E-state index is 0.238. The molecule has 2 unspecified atom stereocenters. The lowest BCUT2D eigenvalue weighted by atomic mass is 9.92. The van der Waals surface area contributed by atoms with Crippen molar-refractivity contribution in [1.82, 2.24) is 15.2 Å². The molecule has 2 heterocycles. The number of nitriles is 1. The van der Waals surface area contributed by atoms with E-state index in [0.717, 1.165) is 28.5 Å². The molecule has 1 saturated carbocycles. The second kappa shape index (κ2) is 3.91. The monoisotopic (exact) mass is 260 g/mol. The van der Waals surface area contributed by atoms with Crippen molar-refractivity contribution in [1.29, 1.82) is 5.26 Å². The van der Waals surface area contributed by atoms with Crippen molar-refractivity contribution in [2.45, 2.75) is 17.8 Å². The number of nitrogens with one attached hydrogen (secondary N) is 1. The predicted octanol–water partition coefficient (Wildman–Crippen LogP) is 2.91. The van der Waals surface area contributed by atoms with E-state index in [0.29, 0.717) is 0 Å². The van der Waals surface area contributed by atoms with Gasteiger partial charge in [0.2, 0.25) is 0 Å². The Morgan fingerprint density at radius 1 is 1.30 bits per heavy atom. The van der Waals surface area contributed by atoms with E-state index in [1.54, 1.807) is 12.4 Å². The average molecular weight is 260 g/mol. The number of fused-ring (bicyclic) bond motifs is 1. The molecular weight excluding hydrogens is 248 g/mol. The molecule has 1 aliphatic rings. The molecule has 0 radical (unpaired) electrons. The molecule has 4 heteroatoms. The number of hydrogen-bond acceptors (Lipinski definition) is 3. The van der Waals surface area contributed by atoms with E-state index >= 15 is 0 Å². The van der Waals surface area contributed by atoms with E-state index in [4.69, 9.17) is 0 Å². The summed E-state index contributed by atoms with van der Waals surface area (Å²) in [5.74, 6) is 0.238. The lowest BCUT2D eigenvalue weighted by molar-refractivity contribution is 0.854. The molecule has 0 amide bonds. The van der Waals surface area contributed by atoms with Crippen molar-refractivity contribution in [2.24, 2.45) is 0 Å². The highest BCUT2D eigenvalue weighted by atomic mass is 15.1. The zero-order chi connectivity index (χ0) is 13.6. The molecule has 1 aliphatic carbocycles. The first-order valence-corrected chi connectivity index (χ1v) is 6.58. The first-order chi connectivity index (χ1) is 9.83. The van der Waals surface area contributed by atoms with Crippen molar-refractivity contribution in [3.63, 3.8) is 0 Å². The van der Waals surface area contributed by atoms with Gasteiger partial charge in [0.05, 0.1) is 23.2 Å². The second-order valence-electron chi connectivity index (χ2n) is 5.30. The quantitative estimate of drug-likeness (QED) is 0.770. The Labute approximate surface area is 116 Å². The summed E-state index contributed by atoms with van der Waals surface area (Å²) in [5.41, 5.74) is 2.76. The predicted molar refractivity (Wildman–Crippen MR) is 75.0 cm³/mol. The Balaban J connectivity index is 1.78. The van der Waals surface area contributed by atoms with Gasteiger partial charge in [0.1, 0.15) is 0 Å². The number of pyridine rings is 1. The summed E-state index contributed by atoms with van der Waals surface area (Å²) in [5, 5.41) is 17.7. The van der Waals surface area contributed by atoms with E-state index < -0.39 is 5.41 Å². The normalized spacial score (nSPS) is 24.4. The molecule has 1 fully saturated rings. The zero-order valence-electron chi connectivity index (χ0n) is 10.7. The number of H-pyrrole nitrogens is 1. The fourth-order valence-corrected chi connectivity index (χ4v) is 2.97. The third-order valence-corrected chi connectivity index (χ3v) is 4.20. The van der Waals surface area contributed by atoms with Gasteiger partial charge in [0.15, 0.2) is 0 Å². The van der Waals surface area contributed by atoms with Crippen LogP contribution < -0.4 is 0 Å². The topological polar surface area (TPSA) is 65.4 Å². The standard InChI is InChI=1S/C16H12N4/c17-10-16(7-14(16)11-2-1-5-18-8-11)13-4-3-12-9-19-20-15(12)6-13/h1-6,8-9,14H,7H2,(H,19,20). The van der Waals surface area contributed by atoms with E-state index in [1.165, 1.54) is 0 Å². The van der Waals surface area contributed by atoms with Gasteiger partial charge in [-0.2, -0.15) is 10.4 Å². The molecule has 3 aromatic rings. The van der Waals surface area contributed by atoms with Gasteiger partial charge in [-0.1, -0.05) is 18.2 Å². The van der Waals surface area contributed by atoms with E-state index in [9.17, 15) is 5.26 Å². The van der Waals surface area contributed by atoms with Gasteiger partial charge in [-0.3, -0.25) is 10.1 Å². The Morgan fingerprint density at radius 3 is 3.05 bits per heavy atom. The zero-order valence-corrected chi connectivity index (χ0v) is 10.7. The first kappa shape index (κ1) is 11.2. The molecule has 20 heavy (non-hydrogen) atoms. The number of nitrogens with zero attached hydrogens (tertiary/aromatic N) is 3. The van der Waals surface area contributed by atoms with Crippen LogP contribution in [0, 0.1) is 11.3 Å². The van der Waals surface area contributed by atoms with Gasteiger partial charge >= 0.3 is 0 Å². The number of rotatable bonds is 2. The second-order valence-corrected chi connectivity index (χ2v) is 5.30. The molecule has 0 bridgehead atoms. The maximum absolute atomic E-state index is 9.67. The van der Waals surface area contributed by atoms with Crippen LogP contribution in [0.25, 0.3) is 10.9 Å². The third-order valence-electron chi connectivity index (χ3n) is 4.20. The van der Waals surface area contributed by atoms with Crippen LogP contribution in [0.2, 0.25) is 0 Å². The van der Waals surface area contributed by atoms with Crippen LogP contribution in [0.1, 0.15) is 23.5 Å². The number of aromatic nitrogens is 3. The van der Waals surface area contributed by atoms with Crippen LogP contribution in [-0.4, -0.2) is 15.2 Å². The molecule has 2 atom stereocenters. The molecule has 0 saturated heterocycles. The summed E-state index contributed by atoms with van der Waals surface area (Å²) in [6.07, 6.45) is 6.27. The van der Waals surface area contributed by atoms with Crippen LogP contribution >= 0.6 is 0 Å². The Hall–Kier alpha value is -2.67. The van der Waals surface area contributed by atoms with Crippen molar-refractivity contribution >= 4 is 10.9 Å². The maximum Gasteiger partial charge on any atom is 0.0899 e. The van der Waals surface area contributed by atoms with Crippen molar-refractivity contribution < 1.29 is 0 Å². The van der Waals surface area contributed by atoms with Gasteiger partial charge in [0.25, 0.3) is 0 Å². The number of hydrogen-bond donors (Lipinski definition) is 1. The lowest BCUT2D eigenvalue weighted by Crippen LogP contribution is -2.06. The Morgan fingerprint density at radius 2 is 2.25 bits per heavy atom. The molecule has 1 aromatic carbocycles. The minimum Gasteiger partial charge on any atom is -0.278 e. The first-order valence-electron chi connectivity index (χ1n) is 6.58. The Kier molecular flexibility index (Phi) is 2.19. The largest absolute Gasteiger partial charge is 0.278 e. The molecule has 0 aliphatic heterocycles. The lowest BCUT2D eigenvalue weighted by Gasteiger charge is -2.09. The Bertz CT molecular complexity index is 815. The van der Waals surface area contributed by atoms with Crippen LogP contribution in [0.5, 0.6) is 0 Å². The van der Waals surface area contributed by atoms with Crippen molar-refractivity contribution in [3.05, 3.63) is 60.0 Å². The van der Waals surface area contributed by atoms with Gasteiger partial charge < -0.3 is 0 Å². The fourth-order valence-electron chi connectivity index (χ4n) is 2.97. The summed E-state index contributed by atoms with van der Waals surface area (Å²) < 4.78 is 0. The van der Waals surface area contributed by atoms with Crippen LogP contribution in [0.4, 0.5) is 0 Å². The molecular formula is C16H12N4. The summed E-state index contributed by atoms with van der Waals surface area (Å²) in [4.78, 5) is 4.16. The molecule has 96 valence electrons. The average Bonchev–Trinajstić information content (AvgIpc) is 3.09. The number of aromatic amines is 1. The summed E-state index contributed by atoms with van der Waals surface area (Å²) >= 11 is 0. The highest BCUT2D eigenvalue weighted by Gasteiger charge is 2.57. The van der Waals surface area contributed by atoms with E-state index in [1.807, 2.05) is 36.5 Å². The smallest absolute Gasteiger partial charge is 0.0899 e. The molecule has 0 spiro atoms. The van der Waals surface area contributed by atoms with Crippen LogP contribution in [0.15, 0.2) is 48.9 Å². The molecule has 4 rings (SSSR count). The SMILES string of the molecule is N#CC1(c2ccc3cn[nH]c3c2)CC1c1cccnc1. The molecule has 2 aromatic heterocycles. The van der Waals surface area contributed by atoms with Crippen LogP contribution in [0.3, 0.4) is 0 Å². The summed E-state index contributed by atoms with van der Waals surface area (Å²) in [6, 6.07) is 12.6. The highest BCUT2D eigenvalue weighted by Crippen LogP contribution is 2.60. The van der Waals surface area contributed by atoms with Crippen molar-refractivity contribution in [3.8, 4) is 6.07 Å². The van der Waals surface area contributed by atoms with E-state index in [-0.39, 0.29) is 5.92 Å². The van der Waals surface area contributed by atoms with Gasteiger partial charge in [-0.15, -0.1) is 0 Å². The van der Waals surface area contributed by atoms with Gasteiger partial charge in [-0.05, 0) is 29.7 Å². The van der Waals surface area contributed by atoms with Gasteiger partial charge in [-0.25, -0.2) is 0 Å². The van der Waals surface area contributed by atoms with E-state index in [2.05, 4.69) is 21.3 Å². The van der Waals surface area contributed by atoms with Gasteiger partial charge in [0, 0.05) is 23.7 Å². The fraction of sp³-hybridized carbons (Fsp3) is 0.188. The number of benzene rings is 1. The highest BCUT2D eigenvalue weighted by molar-refractivity contribution is 5.79. The molecule has 4 nitrogen and oxygen atoms in total.